The van der Waals surface area contributed by atoms with Crippen molar-refractivity contribution in [1.82, 2.24) is 5.32 Å². The van der Waals surface area contributed by atoms with Gasteiger partial charge in [-0.3, -0.25) is 9.79 Å². The number of carbonyl (C=O) groups excluding carboxylic acids is 1. The molecule has 0 aromatic carbocycles. The van der Waals surface area contributed by atoms with Gasteiger partial charge in [0, 0.05) is 5.92 Å². The molecule has 1 amide bonds. The monoisotopic (exact) mass is 180 g/mol. The van der Waals surface area contributed by atoms with Crippen molar-refractivity contribution < 1.29 is 4.79 Å². The van der Waals surface area contributed by atoms with Crippen LogP contribution in [0.25, 0.3) is 0 Å². The summed E-state index contributed by atoms with van der Waals surface area (Å²) in [6.07, 6.45) is 6.31. The Kier molecular flexibility index (Phi) is 2.34. The molecule has 1 unspecified atom stereocenters. The van der Waals surface area contributed by atoms with Gasteiger partial charge < -0.3 is 5.32 Å². The summed E-state index contributed by atoms with van der Waals surface area (Å²) < 4.78 is 0. The second-order valence-electron chi connectivity index (χ2n) is 4.01. The van der Waals surface area contributed by atoms with Crippen LogP contribution in [0.1, 0.15) is 39.0 Å². The van der Waals surface area contributed by atoms with Gasteiger partial charge in [0.1, 0.15) is 11.9 Å². The topological polar surface area (TPSA) is 41.5 Å². The van der Waals surface area contributed by atoms with Crippen molar-refractivity contribution in [1.29, 1.82) is 0 Å². The van der Waals surface area contributed by atoms with Gasteiger partial charge in [-0.05, 0) is 19.8 Å². The largest absolute Gasteiger partial charge is 0.312 e. The highest BCUT2D eigenvalue weighted by Gasteiger charge is 2.28. The molecule has 0 aromatic rings. The van der Waals surface area contributed by atoms with E-state index in [4.69, 9.17) is 0 Å². The fourth-order valence-electron chi connectivity index (χ4n) is 2.11. The fraction of sp³-hybridized carbons (Fsp3) is 0.800. The molecule has 13 heavy (non-hydrogen) atoms. The molecule has 1 aliphatic carbocycles. The van der Waals surface area contributed by atoms with Crippen LogP contribution in [0.15, 0.2) is 4.99 Å². The zero-order valence-electron chi connectivity index (χ0n) is 8.05. The van der Waals surface area contributed by atoms with Crippen LogP contribution >= 0.6 is 0 Å². The van der Waals surface area contributed by atoms with Gasteiger partial charge in [-0.15, -0.1) is 0 Å². The summed E-state index contributed by atoms with van der Waals surface area (Å²) in [4.78, 5) is 15.6. The van der Waals surface area contributed by atoms with Crippen molar-refractivity contribution in [2.45, 2.75) is 45.1 Å². The normalized spacial score (nSPS) is 30.1. The van der Waals surface area contributed by atoms with E-state index < -0.39 is 0 Å². The van der Waals surface area contributed by atoms with Crippen LogP contribution in [0.2, 0.25) is 0 Å². The zero-order valence-corrected chi connectivity index (χ0v) is 8.05. The summed E-state index contributed by atoms with van der Waals surface area (Å²) in [5.74, 6) is 1.56. The van der Waals surface area contributed by atoms with Crippen LogP contribution in [0.4, 0.5) is 0 Å². The van der Waals surface area contributed by atoms with Crippen LogP contribution < -0.4 is 5.32 Å². The average molecular weight is 180 g/mol. The number of hydrogen-bond acceptors (Lipinski definition) is 2. The summed E-state index contributed by atoms with van der Waals surface area (Å²) in [7, 11) is 0. The average Bonchev–Trinajstić information content (AvgIpc) is 2.49. The molecule has 1 fully saturated rings. The molecule has 3 nitrogen and oxygen atoms in total. The number of nitrogens with one attached hydrogen (secondary N) is 1. The third-order valence-corrected chi connectivity index (χ3v) is 2.96. The molecule has 0 bridgehead atoms. The molecule has 1 N–H and O–H groups in total. The number of amidine groups is 1. The van der Waals surface area contributed by atoms with Gasteiger partial charge in [-0.2, -0.15) is 0 Å². The molecule has 1 atom stereocenters. The van der Waals surface area contributed by atoms with E-state index in [0.717, 1.165) is 5.84 Å². The minimum Gasteiger partial charge on any atom is -0.312 e. The third kappa shape index (κ3) is 1.74. The Bertz CT molecular complexity index is 241. The first-order chi connectivity index (χ1) is 6.27. The van der Waals surface area contributed by atoms with Crippen molar-refractivity contribution in [2.24, 2.45) is 10.9 Å². The van der Waals surface area contributed by atoms with Crippen LogP contribution in [-0.2, 0) is 4.79 Å². The standard InChI is InChI=1S/C10H16N2O/c1-7-10(13)12-9(11-7)8-5-3-2-4-6-8/h7-8H,2-6H2,1H3,(H,11,12,13). The Labute approximate surface area is 78.6 Å². The summed E-state index contributed by atoms with van der Waals surface area (Å²) in [5.41, 5.74) is 0. The third-order valence-electron chi connectivity index (χ3n) is 2.96. The molecule has 2 aliphatic rings. The summed E-state index contributed by atoms with van der Waals surface area (Å²) in [6.45, 7) is 1.85. The Morgan fingerprint density at radius 1 is 1.31 bits per heavy atom. The maximum absolute atomic E-state index is 11.2. The zero-order chi connectivity index (χ0) is 9.26. The SMILES string of the molecule is CC1N=C(C2CCCCC2)NC1=O. The van der Waals surface area contributed by atoms with Crippen LogP contribution in [0, 0.1) is 5.92 Å². The Hall–Kier alpha value is -0.860. The molecule has 1 heterocycles. The van der Waals surface area contributed by atoms with Crippen molar-refractivity contribution in [3.63, 3.8) is 0 Å². The van der Waals surface area contributed by atoms with Gasteiger partial charge in [-0.25, -0.2) is 0 Å². The Morgan fingerprint density at radius 2 is 2.00 bits per heavy atom. The van der Waals surface area contributed by atoms with E-state index in [1.165, 1.54) is 32.1 Å². The lowest BCUT2D eigenvalue weighted by molar-refractivity contribution is -0.119. The Morgan fingerprint density at radius 3 is 2.54 bits per heavy atom. The molecule has 1 aliphatic heterocycles. The lowest BCUT2D eigenvalue weighted by Gasteiger charge is -2.20. The number of nitrogens with zero attached hydrogens (tertiary/aromatic N) is 1. The van der Waals surface area contributed by atoms with Gasteiger partial charge in [0.25, 0.3) is 0 Å². The van der Waals surface area contributed by atoms with Crippen molar-refractivity contribution in [2.75, 3.05) is 0 Å². The minimum atomic E-state index is -0.156. The number of amides is 1. The number of rotatable bonds is 1. The first-order valence-electron chi connectivity index (χ1n) is 5.16. The summed E-state index contributed by atoms with van der Waals surface area (Å²) in [6, 6.07) is -0.156. The smallest absolute Gasteiger partial charge is 0.249 e. The van der Waals surface area contributed by atoms with E-state index in [2.05, 4.69) is 10.3 Å². The molecule has 3 heteroatoms. The van der Waals surface area contributed by atoms with Gasteiger partial charge in [0.2, 0.25) is 5.91 Å². The molecule has 2 rings (SSSR count). The van der Waals surface area contributed by atoms with E-state index in [0.29, 0.717) is 5.92 Å². The van der Waals surface area contributed by atoms with E-state index in [-0.39, 0.29) is 11.9 Å². The Balaban J connectivity index is 2.00. The van der Waals surface area contributed by atoms with Crippen LogP contribution in [0.3, 0.4) is 0 Å². The minimum absolute atomic E-state index is 0.0700. The van der Waals surface area contributed by atoms with E-state index in [1.807, 2.05) is 6.92 Å². The number of hydrogen-bond donors (Lipinski definition) is 1. The molecular weight excluding hydrogens is 164 g/mol. The molecule has 0 spiro atoms. The second-order valence-corrected chi connectivity index (χ2v) is 4.01. The van der Waals surface area contributed by atoms with Gasteiger partial charge in [-0.1, -0.05) is 19.3 Å². The van der Waals surface area contributed by atoms with Crippen molar-refractivity contribution >= 4 is 11.7 Å². The molecular formula is C10H16N2O. The lowest BCUT2D eigenvalue weighted by Crippen LogP contribution is -2.32. The fourth-order valence-corrected chi connectivity index (χ4v) is 2.11. The summed E-state index contributed by atoms with van der Waals surface area (Å²) >= 11 is 0. The first kappa shape index (κ1) is 8.73. The predicted molar refractivity (Wildman–Crippen MR) is 51.6 cm³/mol. The highest BCUT2D eigenvalue weighted by molar-refractivity contribution is 6.06. The maximum atomic E-state index is 11.2. The highest BCUT2D eigenvalue weighted by atomic mass is 16.2. The summed E-state index contributed by atoms with van der Waals surface area (Å²) in [5, 5.41) is 2.88. The van der Waals surface area contributed by atoms with Crippen molar-refractivity contribution in [3.05, 3.63) is 0 Å². The van der Waals surface area contributed by atoms with Gasteiger partial charge in [0.15, 0.2) is 0 Å². The maximum Gasteiger partial charge on any atom is 0.249 e. The van der Waals surface area contributed by atoms with Gasteiger partial charge in [0.05, 0.1) is 0 Å². The lowest BCUT2D eigenvalue weighted by atomic mass is 9.88. The highest BCUT2D eigenvalue weighted by Crippen LogP contribution is 2.25. The first-order valence-corrected chi connectivity index (χ1v) is 5.16. The van der Waals surface area contributed by atoms with E-state index in [1.54, 1.807) is 0 Å². The van der Waals surface area contributed by atoms with Crippen LogP contribution in [0.5, 0.6) is 0 Å². The number of aliphatic imine (C=N–C) groups is 1. The van der Waals surface area contributed by atoms with Crippen LogP contribution in [-0.4, -0.2) is 17.8 Å². The molecule has 0 saturated heterocycles. The number of carbonyl (C=O) groups is 1. The molecule has 72 valence electrons. The van der Waals surface area contributed by atoms with Crippen molar-refractivity contribution in [3.8, 4) is 0 Å². The molecule has 1 saturated carbocycles. The second kappa shape index (κ2) is 3.48. The van der Waals surface area contributed by atoms with Gasteiger partial charge >= 0.3 is 0 Å². The van der Waals surface area contributed by atoms with E-state index >= 15 is 0 Å². The van der Waals surface area contributed by atoms with E-state index in [9.17, 15) is 4.79 Å². The molecule has 0 radical (unpaired) electrons. The molecule has 0 aromatic heterocycles. The predicted octanol–water partition coefficient (Wildman–Crippen LogP) is 1.48. The quantitative estimate of drug-likeness (QED) is 0.652.